The highest BCUT2D eigenvalue weighted by Gasteiger charge is 2.50. The van der Waals surface area contributed by atoms with E-state index in [4.69, 9.17) is 0 Å². The first-order valence-corrected chi connectivity index (χ1v) is 10.0. The van der Waals surface area contributed by atoms with E-state index >= 15 is 0 Å². The predicted molar refractivity (Wildman–Crippen MR) is 95.7 cm³/mol. The number of rotatable bonds is 4. The Morgan fingerprint density at radius 3 is 2.58 bits per heavy atom. The smallest absolute Gasteiger partial charge is 0.183 e. The molecule has 2 aliphatic heterocycles. The van der Waals surface area contributed by atoms with E-state index in [9.17, 15) is 17.6 Å². The third-order valence-corrected chi connectivity index (χ3v) is 7.33. The van der Waals surface area contributed by atoms with Gasteiger partial charge < -0.3 is 0 Å². The Bertz CT molecular complexity index is 972. The van der Waals surface area contributed by atoms with Crippen molar-refractivity contribution in [3.8, 4) is 0 Å². The van der Waals surface area contributed by atoms with Crippen molar-refractivity contribution in [1.29, 1.82) is 0 Å². The highest BCUT2D eigenvalue weighted by molar-refractivity contribution is 7.92. The molecule has 0 N–H and O–H groups in total. The van der Waals surface area contributed by atoms with Crippen LogP contribution in [-0.4, -0.2) is 36.4 Å². The second kappa shape index (κ2) is 6.45. The average molecular weight is 371 g/mol. The molecule has 2 aromatic carbocycles. The van der Waals surface area contributed by atoms with Crippen LogP contribution in [0.5, 0.6) is 0 Å². The minimum atomic E-state index is -3.57. The number of benzene rings is 2. The number of ketones is 1. The highest BCUT2D eigenvalue weighted by Crippen LogP contribution is 2.37. The summed E-state index contributed by atoms with van der Waals surface area (Å²) in [6.07, 6.45) is 3.41. The molecule has 2 bridgehead atoms. The van der Waals surface area contributed by atoms with Crippen molar-refractivity contribution in [2.75, 3.05) is 0 Å². The van der Waals surface area contributed by atoms with Gasteiger partial charge in [-0.3, -0.25) is 9.69 Å². The maximum absolute atomic E-state index is 13.5. The van der Waals surface area contributed by atoms with Crippen LogP contribution in [0.3, 0.4) is 0 Å². The fourth-order valence-electron chi connectivity index (χ4n) is 3.89. The number of halogens is 1. The molecule has 2 aliphatic rings. The molecule has 0 aromatic heterocycles. The van der Waals surface area contributed by atoms with Crippen LogP contribution in [0, 0.1) is 5.82 Å². The molecule has 0 amide bonds. The Balaban J connectivity index is 1.68. The summed E-state index contributed by atoms with van der Waals surface area (Å²) in [4.78, 5) is 14.5. The molecule has 4 rings (SSSR count). The van der Waals surface area contributed by atoms with E-state index in [1.165, 1.54) is 18.2 Å². The molecule has 6 heteroatoms. The van der Waals surface area contributed by atoms with E-state index < -0.39 is 27.2 Å². The lowest BCUT2D eigenvalue weighted by Crippen LogP contribution is -2.44. The normalized spacial score (nSPS) is 25.6. The van der Waals surface area contributed by atoms with Gasteiger partial charge in [-0.25, -0.2) is 12.8 Å². The third kappa shape index (κ3) is 2.89. The number of carbonyl (C=O) groups excluding carboxylic acids is 1. The van der Waals surface area contributed by atoms with Gasteiger partial charge in [0.1, 0.15) is 5.82 Å². The fraction of sp³-hybridized carbons (Fsp3) is 0.250. The Morgan fingerprint density at radius 2 is 1.85 bits per heavy atom. The van der Waals surface area contributed by atoms with Gasteiger partial charge in [0.25, 0.3) is 0 Å². The zero-order valence-corrected chi connectivity index (χ0v) is 14.8. The van der Waals surface area contributed by atoms with Crippen LogP contribution in [0.25, 0.3) is 0 Å². The summed E-state index contributed by atoms with van der Waals surface area (Å²) in [5.41, 5.74) is 0.723. The van der Waals surface area contributed by atoms with Gasteiger partial charge in [-0.15, -0.1) is 0 Å². The first-order valence-electron chi connectivity index (χ1n) is 8.48. The van der Waals surface area contributed by atoms with Gasteiger partial charge in [-0.2, -0.15) is 0 Å². The van der Waals surface area contributed by atoms with Crippen molar-refractivity contribution in [3.05, 3.63) is 78.1 Å². The Morgan fingerprint density at radius 1 is 1.08 bits per heavy atom. The summed E-state index contributed by atoms with van der Waals surface area (Å²) in [6, 6.07) is 13.6. The number of hydrogen-bond donors (Lipinski definition) is 0. The quantitative estimate of drug-likeness (QED) is 0.829. The Kier molecular flexibility index (Phi) is 4.25. The molecule has 0 radical (unpaired) electrons. The van der Waals surface area contributed by atoms with E-state index in [0.29, 0.717) is 6.54 Å². The predicted octanol–water partition coefficient (Wildman–Crippen LogP) is 2.75. The summed E-state index contributed by atoms with van der Waals surface area (Å²) in [6.45, 7) is 0.337. The molecule has 3 atom stereocenters. The molecule has 0 aliphatic carbocycles. The number of carbonyl (C=O) groups is 1. The van der Waals surface area contributed by atoms with Crippen LogP contribution in [-0.2, 0) is 21.2 Å². The third-order valence-electron chi connectivity index (χ3n) is 5.13. The monoisotopic (exact) mass is 371 g/mol. The zero-order chi connectivity index (χ0) is 18.3. The standard InChI is InChI=1S/C20H18FNO3S/c21-15-6-4-5-14(11-15)13-22-17-9-10-19(23)18(22)12-20(17)26(24,25)16-7-2-1-3-8-16/h1-11,17-18,20H,12-13H2. The molecule has 1 fully saturated rings. The molecule has 3 unspecified atom stereocenters. The maximum atomic E-state index is 13.5. The van der Waals surface area contributed by atoms with Gasteiger partial charge in [0.2, 0.25) is 0 Å². The van der Waals surface area contributed by atoms with E-state index in [2.05, 4.69) is 0 Å². The van der Waals surface area contributed by atoms with Gasteiger partial charge >= 0.3 is 0 Å². The van der Waals surface area contributed by atoms with Gasteiger partial charge in [0.15, 0.2) is 15.6 Å². The first kappa shape index (κ1) is 17.1. The molecule has 4 nitrogen and oxygen atoms in total. The van der Waals surface area contributed by atoms with Crippen molar-refractivity contribution in [2.24, 2.45) is 0 Å². The molecule has 26 heavy (non-hydrogen) atoms. The number of nitrogens with zero attached hydrogens (tertiary/aromatic N) is 1. The van der Waals surface area contributed by atoms with Crippen molar-refractivity contribution in [3.63, 3.8) is 0 Å². The highest BCUT2D eigenvalue weighted by atomic mass is 32.2. The van der Waals surface area contributed by atoms with E-state index in [1.54, 1.807) is 48.5 Å². The van der Waals surface area contributed by atoms with Crippen LogP contribution >= 0.6 is 0 Å². The van der Waals surface area contributed by atoms with E-state index in [-0.39, 0.29) is 22.9 Å². The lowest BCUT2D eigenvalue weighted by Gasteiger charge is -2.31. The van der Waals surface area contributed by atoms with E-state index in [0.717, 1.165) is 5.56 Å². The Hall–Kier alpha value is -2.31. The van der Waals surface area contributed by atoms with Crippen molar-refractivity contribution < 1.29 is 17.6 Å². The van der Waals surface area contributed by atoms with Crippen molar-refractivity contribution in [1.82, 2.24) is 4.90 Å². The summed E-state index contributed by atoms with van der Waals surface area (Å²) in [5, 5.41) is -0.689. The van der Waals surface area contributed by atoms with Crippen LogP contribution < -0.4 is 0 Å². The first-order chi connectivity index (χ1) is 12.5. The molecule has 2 heterocycles. The molecule has 1 saturated heterocycles. The maximum Gasteiger partial charge on any atom is 0.183 e. The topological polar surface area (TPSA) is 54.5 Å². The SMILES string of the molecule is O=C1C=CC2C(S(=O)(=O)c3ccccc3)CC1N2Cc1cccc(F)c1. The number of sulfone groups is 1. The summed E-state index contributed by atoms with van der Waals surface area (Å²) >= 11 is 0. The fourth-order valence-corrected chi connectivity index (χ4v) is 5.83. The number of fused-ring (bicyclic) bond motifs is 2. The Labute approximate surface area is 151 Å². The van der Waals surface area contributed by atoms with Gasteiger partial charge in [-0.05, 0) is 42.3 Å². The molecule has 134 valence electrons. The summed E-state index contributed by atoms with van der Waals surface area (Å²) < 4.78 is 39.7. The van der Waals surface area contributed by atoms with Crippen LogP contribution in [0.4, 0.5) is 4.39 Å². The van der Waals surface area contributed by atoms with Gasteiger partial charge in [0.05, 0.1) is 16.2 Å². The molecule has 0 spiro atoms. The van der Waals surface area contributed by atoms with Gasteiger partial charge in [0, 0.05) is 12.6 Å². The van der Waals surface area contributed by atoms with Crippen LogP contribution in [0.2, 0.25) is 0 Å². The van der Waals surface area contributed by atoms with E-state index in [1.807, 2.05) is 4.90 Å². The molecule has 2 aromatic rings. The van der Waals surface area contributed by atoms with Gasteiger partial charge in [-0.1, -0.05) is 36.4 Å². The largest absolute Gasteiger partial charge is 0.293 e. The molecular formula is C20H18FNO3S. The van der Waals surface area contributed by atoms with Crippen molar-refractivity contribution in [2.45, 2.75) is 35.2 Å². The van der Waals surface area contributed by atoms with Crippen LogP contribution in [0.15, 0.2) is 71.6 Å². The lowest BCUT2D eigenvalue weighted by atomic mass is 10.1. The zero-order valence-electron chi connectivity index (χ0n) is 14.0. The minimum absolute atomic E-state index is 0.0941. The molecular weight excluding hydrogens is 353 g/mol. The second-order valence-corrected chi connectivity index (χ2v) is 8.87. The van der Waals surface area contributed by atoms with Crippen molar-refractivity contribution >= 4 is 15.6 Å². The average Bonchev–Trinajstić information content (AvgIpc) is 2.89. The second-order valence-electron chi connectivity index (χ2n) is 6.70. The number of hydrogen-bond acceptors (Lipinski definition) is 4. The van der Waals surface area contributed by atoms with Crippen LogP contribution in [0.1, 0.15) is 12.0 Å². The summed E-state index contributed by atoms with van der Waals surface area (Å²) in [7, 11) is -3.57. The summed E-state index contributed by atoms with van der Waals surface area (Å²) in [5.74, 6) is -0.439. The minimum Gasteiger partial charge on any atom is -0.293 e. The lowest BCUT2D eigenvalue weighted by molar-refractivity contribution is -0.119. The molecule has 0 saturated carbocycles.